The number of ether oxygens (including phenoxy) is 1. The van der Waals surface area contributed by atoms with Crippen molar-refractivity contribution < 1.29 is 14.6 Å². The number of carboxylic acids is 1. The van der Waals surface area contributed by atoms with E-state index in [1.54, 1.807) is 0 Å². The molecule has 0 heterocycles. The van der Waals surface area contributed by atoms with Crippen LogP contribution in [-0.4, -0.2) is 17.7 Å². The second-order valence-electron chi connectivity index (χ2n) is 5.01. The minimum atomic E-state index is -0.769. The Morgan fingerprint density at radius 2 is 2.11 bits per heavy atom. The van der Waals surface area contributed by atoms with Gasteiger partial charge in [-0.15, -0.1) is 0 Å². The largest absolute Gasteiger partial charge is 0.478 e. The van der Waals surface area contributed by atoms with Gasteiger partial charge in [0.15, 0.2) is 0 Å². The first-order valence-electron chi connectivity index (χ1n) is 6.79. The maximum Gasteiger partial charge on any atom is 0.331 e. The first-order chi connectivity index (χ1) is 9.25. The monoisotopic (exact) mass is 260 g/mol. The molecule has 3 heteroatoms. The molecule has 3 nitrogen and oxygen atoms in total. The van der Waals surface area contributed by atoms with Gasteiger partial charge in [-0.05, 0) is 37.2 Å². The normalized spacial score (nSPS) is 18.9. The molecule has 102 valence electrons. The molecule has 0 spiro atoms. The number of hydrogen-bond acceptors (Lipinski definition) is 2. The summed E-state index contributed by atoms with van der Waals surface area (Å²) in [4.78, 5) is 10.9. The van der Waals surface area contributed by atoms with E-state index in [1.165, 1.54) is 5.56 Å². The highest BCUT2D eigenvalue weighted by Crippen LogP contribution is 2.26. The van der Waals surface area contributed by atoms with Crippen molar-refractivity contribution in [2.45, 2.75) is 32.3 Å². The van der Waals surface area contributed by atoms with Gasteiger partial charge in [0, 0.05) is 12.2 Å². The summed E-state index contributed by atoms with van der Waals surface area (Å²) in [5.74, 6) is -0.318. The van der Waals surface area contributed by atoms with Crippen LogP contribution >= 0.6 is 0 Å². The molecular weight excluding hydrogens is 240 g/mol. The van der Waals surface area contributed by atoms with Gasteiger partial charge in [-0.3, -0.25) is 0 Å². The number of benzene rings is 1. The van der Waals surface area contributed by atoms with Gasteiger partial charge in [-0.1, -0.05) is 36.4 Å². The van der Waals surface area contributed by atoms with Crippen molar-refractivity contribution in [3.8, 4) is 0 Å². The quantitative estimate of drug-likeness (QED) is 0.797. The van der Waals surface area contributed by atoms with E-state index in [4.69, 9.17) is 9.84 Å². The molecule has 0 bridgehead atoms. The molecule has 0 saturated heterocycles. The maximum absolute atomic E-state index is 10.9. The van der Waals surface area contributed by atoms with Gasteiger partial charge >= 0.3 is 5.97 Å². The van der Waals surface area contributed by atoms with Gasteiger partial charge in [0.2, 0.25) is 0 Å². The van der Waals surface area contributed by atoms with E-state index in [2.05, 4.69) is 0 Å². The van der Waals surface area contributed by atoms with E-state index >= 15 is 0 Å². The number of allylic oxidation sites excluding steroid dienone is 1. The average molecular weight is 260 g/mol. The lowest BCUT2D eigenvalue weighted by Crippen LogP contribution is -2.14. The Hall–Kier alpha value is -1.61. The van der Waals surface area contributed by atoms with Gasteiger partial charge in [-0.2, -0.15) is 0 Å². The Bertz CT molecular complexity index is 437. The summed E-state index contributed by atoms with van der Waals surface area (Å²) in [5.41, 5.74) is 1.75. The molecule has 1 aromatic rings. The Balaban J connectivity index is 1.67. The number of carboxylic acid groups (broad SMARTS) is 1. The highest BCUT2D eigenvalue weighted by molar-refractivity contribution is 5.86. The standard InChI is InChI=1S/C16H20O3/c17-16(18)15-8-4-7-13(11-15)9-10-19-12-14-5-2-1-3-6-14/h1-3,5-6,8,13H,4,7,9-12H2,(H,17,18). The van der Waals surface area contributed by atoms with E-state index in [0.29, 0.717) is 31.1 Å². The van der Waals surface area contributed by atoms with Crippen molar-refractivity contribution in [3.63, 3.8) is 0 Å². The summed E-state index contributed by atoms with van der Waals surface area (Å²) in [5, 5.41) is 8.98. The Morgan fingerprint density at radius 3 is 2.84 bits per heavy atom. The molecule has 1 atom stereocenters. The fraction of sp³-hybridized carbons (Fsp3) is 0.438. The molecule has 1 aliphatic rings. The summed E-state index contributed by atoms with van der Waals surface area (Å²) in [6, 6.07) is 10.1. The molecule has 1 aromatic carbocycles. The van der Waals surface area contributed by atoms with Crippen LogP contribution in [0.1, 0.15) is 31.2 Å². The number of carbonyl (C=O) groups is 1. The van der Waals surface area contributed by atoms with E-state index in [1.807, 2.05) is 36.4 Å². The Labute approximate surface area is 113 Å². The minimum Gasteiger partial charge on any atom is -0.478 e. The van der Waals surface area contributed by atoms with Crippen LogP contribution in [0.25, 0.3) is 0 Å². The zero-order valence-electron chi connectivity index (χ0n) is 11.0. The molecule has 0 aliphatic heterocycles. The molecule has 1 unspecified atom stereocenters. The first-order valence-corrected chi connectivity index (χ1v) is 6.79. The maximum atomic E-state index is 10.9. The van der Waals surface area contributed by atoms with Gasteiger partial charge in [0.05, 0.1) is 6.61 Å². The average Bonchev–Trinajstić information content (AvgIpc) is 2.45. The van der Waals surface area contributed by atoms with Crippen molar-refractivity contribution >= 4 is 5.97 Å². The van der Waals surface area contributed by atoms with Gasteiger partial charge in [-0.25, -0.2) is 4.79 Å². The minimum absolute atomic E-state index is 0.451. The van der Waals surface area contributed by atoms with Gasteiger partial charge < -0.3 is 9.84 Å². The van der Waals surface area contributed by atoms with Crippen LogP contribution in [0, 0.1) is 5.92 Å². The molecule has 19 heavy (non-hydrogen) atoms. The van der Waals surface area contributed by atoms with Crippen LogP contribution < -0.4 is 0 Å². The fourth-order valence-electron chi connectivity index (χ4n) is 2.42. The Kier molecular flexibility index (Phi) is 5.16. The van der Waals surface area contributed by atoms with Crippen molar-refractivity contribution in [1.82, 2.24) is 0 Å². The summed E-state index contributed by atoms with van der Waals surface area (Å²) in [7, 11) is 0. The van der Waals surface area contributed by atoms with E-state index in [0.717, 1.165) is 19.3 Å². The van der Waals surface area contributed by atoms with Crippen LogP contribution in [0.4, 0.5) is 0 Å². The van der Waals surface area contributed by atoms with E-state index < -0.39 is 5.97 Å². The predicted molar refractivity (Wildman–Crippen MR) is 73.8 cm³/mol. The van der Waals surface area contributed by atoms with Gasteiger partial charge in [0.25, 0.3) is 0 Å². The zero-order valence-corrected chi connectivity index (χ0v) is 11.0. The van der Waals surface area contributed by atoms with E-state index in [-0.39, 0.29) is 0 Å². The third kappa shape index (κ3) is 4.52. The second-order valence-corrected chi connectivity index (χ2v) is 5.01. The molecule has 1 N–H and O–H groups in total. The van der Waals surface area contributed by atoms with E-state index in [9.17, 15) is 4.79 Å². The number of hydrogen-bond donors (Lipinski definition) is 1. The molecule has 2 rings (SSSR count). The topological polar surface area (TPSA) is 46.5 Å². The molecule has 0 aromatic heterocycles. The summed E-state index contributed by atoms with van der Waals surface area (Å²) < 4.78 is 5.65. The zero-order chi connectivity index (χ0) is 13.5. The lowest BCUT2D eigenvalue weighted by atomic mass is 9.87. The molecule has 0 saturated carbocycles. The molecular formula is C16H20O3. The van der Waals surface area contributed by atoms with Crippen molar-refractivity contribution in [2.24, 2.45) is 5.92 Å². The highest BCUT2D eigenvalue weighted by atomic mass is 16.5. The van der Waals surface area contributed by atoms with Crippen LogP contribution in [0.15, 0.2) is 42.0 Å². The first kappa shape index (κ1) is 13.8. The smallest absolute Gasteiger partial charge is 0.331 e. The van der Waals surface area contributed by atoms with Crippen LogP contribution in [0.5, 0.6) is 0 Å². The number of rotatable bonds is 6. The summed E-state index contributed by atoms with van der Waals surface area (Å²) in [6.07, 6.45) is 5.43. The Morgan fingerprint density at radius 1 is 1.32 bits per heavy atom. The predicted octanol–water partition coefficient (Wildman–Crippen LogP) is 3.40. The molecule has 0 radical (unpaired) electrons. The van der Waals surface area contributed by atoms with Gasteiger partial charge in [0.1, 0.15) is 0 Å². The highest BCUT2D eigenvalue weighted by Gasteiger charge is 2.19. The van der Waals surface area contributed by atoms with Crippen molar-refractivity contribution in [1.29, 1.82) is 0 Å². The lowest BCUT2D eigenvalue weighted by molar-refractivity contribution is -0.133. The fourth-order valence-corrected chi connectivity index (χ4v) is 2.42. The van der Waals surface area contributed by atoms with Crippen LogP contribution in [0.2, 0.25) is 0 Å². The van der Waals surface area contributed by atoms with Crippen molar-refractivity contribution in [3.05, 3.63) is 47.5 Å². The molecule has 0 fully saturated rings. The molecule has 0 amide bonds. The summed E-state index contributed by atoms with van der Waals surface area (Å²) in [6.45, 7) is 1.33. The SMILES string of the molecule is O=C(O)C1=CCCC(CCOCc2ccccc2)C1. The lowest BCUT2D eigenvalue weighted by Gasteiger charge is -2.20. The number of aliphatic carboxylic acids is 1. The van der Waals surface area contributed by atoms with Crippen molar-refractivity contribution in [2.75, 3.05) is 6.61 Å². The van der Waals surface area contributed by atoms with Crippen LogP contribution in [-0.2, 0) is 16.1 Å². The van der Waals surface area contributed by atoms with Crippen LogP contribution in [0.3, 0.4) is 0 Å². The summed E-state index contributed by atoms with van der Waals surface area (Å²) >= 11 is 0. The second kappa shape index (κ2) is 7.10. The molecule has 1 aliphatic carbocycles. The third-order valence-corrected chi connectivity index (χ3v) is 3.53. The third-order valence-electron chi connectivity index (χ3n) is 3.53.